The van der Waals surface area contributed by atoms with Crippen molar-refractivity contribution in [2.24, 2.45) is 0 Å². The van der Waals surface area contributed by atoms with Crippen LogP contribution in [-0.4, -0.2) is 16.9 Å². The zero-order valence-corrected chi connectivity index (χ0v) is 11.6. The molecular formula is C16H15N3O2. The van der Waals surface area contributed by atoms with Crippen LogP contribution < -0.4 is 15.9 Å². The molecule has 3 aromatic rings. The molecule has 5 nitrogen and oxygen atoms in total. The predicted molar refractivity (Wildman–Crippen MR) is 82.5 cm³/mol. The van der Waals surface area contributed by atoms with E-state index in [2.05, 4.69) is 5.10 Å². The molecule has 0 saturated heterocycles. The van der Waals surface area contributed by atoms with Crippen LogP contribution in [0.2, 0.25) is 0 Å². The van der Waals surface area contributed by atoms with Gasteiger partial charge in [-0.3, -0.25) is 9.48 Å². The van der Waals surface area contributed by atoms with E-state index in [-0.39, 0.29) is 5.43 Å². The monoisotopic (exact) mass is 281 g/mol. The summed E-state index contributed by atoms with van der Waals surface area (Å²) in [7, 11) is 1.61. The molecule has 1 aromatic heterocycles. The van der Waals surface area contributed by atoms with Gasteiger partial charge in [-0.2, -0.15) is 5.10 Å². The first-order chi connectivity index (χ1) is 10.2. The maximum atomic E-state index is 11.8. The summed E-state index contributed by atoms with van der Waals surface area (Å²) < 4.78 is 7.13. The highest BCUT2D eigenvalue weighted by atomic mass is 16.5. The van der Waals surface area contributed by atoms with Crippen molar-refractivity contribution in [3.05, 3.63) is 64.4 Å². The lowest BCUT2D eigenvalue weighted by molar-refractivity contribution is 0.408. The third-order valence-electron chi connectivity index (χ3n) is 3.39. The maximum Gasteiger partial charge on any atom is 0.207 e. The van der Waals surface area contributed by atoms with Gasteiger partial charge in [0.1, 0.15) is 5.75 Å². The third-order valence-corrected chi connectivity index (χ3v) is 3.39. The van der Waals surface area contributed by atoms with Crippen molar-refractivity contribution in [1.29, 1.82) is 0 Å². The predicted octanol–water partition coefficient (Wildman–Crippen LogP) is 2.04. The second kappa shape index (κ2) is 5.28. The number of nitrogen functional groups attached to an aromatic ring is 1. The highest BCUT2D eigenvalue weighted by molar-refractivity contribution is 5.78. The summed E-state index contributed by atoms with van der Waals surface area (Å²) in [4.78, 5) is 11.8. The molecule has 106 valence electrons. The number of anilines is 1. The number of fused-ring (bicyclic) bond motifs is 1. The standard InChI is InChI=1S/C16H15N3O2/c1-21-16-8-12(17)7-6-11(16)10-19-14-5-3-2-4-13(14)15(20)9-18-19/h2-9H,10,17H2,1H3. The zero-order chi connectivity index (χ0) is 14.8. The summed E-state index contributed by atoms with van der Waals surface area (Å²) in [5.41, 5.74) is 8.08. The molecule has 2 aromatic carbocycles. The van der Waals surface area contributed by atoms with Crippen LogP contribution in [0.5, 0.6) is 5.75 Å². The number of methoxy groups -OCH3 is 1. The van der Waals surface area contributed by atoms with Crippen LogP contribution in [-0.2, 0) is 6.54 Å². The van der Waals surface area contributed by atoms with Gasteiger partial charge in [0.25, 0.3) is 0 Å². The van der Waals surface area contributed by atoms with Gasteiger partial charge in [-0.15, -0.1) is 0 Å². The van der Waals surface area contributed by atoms with Crippen LogP contribution >= 0.6 is 0 Å². The molecule has 5 heteroatoms. The lowest BCUT2D eigenvalue weighted by Gasteiger charge is -2.12. The number of aromatic nitrogens is 2. The Kier molecular flexibility index (Phi) is 3.31. The first kappa shape index (κ1) is 13.2. The van der Waals surface area contributed by atoms with Crippen molar-refractivity contribution in [2.45, 2.75) is 6.54 Å². The van der Waals surface area contributed by atoms with Gasteiger partial charge in [0.15, 0.2) is 0 Å². The van der Waals surface area contributed by atoms with Gasteiger partial charge in [-0.05, 0) is 18.2 Å². The van der Waals surface area contributed by atoms with Crippen LogP contribution in [0.1, 0.15) is 5.56 Å². The number of ether oxygens (including phenoxy) is 1. The van der Waals surface area contributed by atoms with E-state index >= 15 is 0 Å². The second-order valence-electron chi connectivity index (χ2n) is 4.75. The zero-order valence-electron chi connectivity index (χ0n) is 11.6. The molecule has 0 spiro atoms. The van der Waals surface area contributed by atoms with Crippen molar-refractivity contribution >= 4 is 16.6 Å². The summed E-state index contributed by atoms with van der Waals surface area (Å²) in [6.45, 7) is 0.504. The average Bonchev–Trinajstić information content (AvgIpc) is 2.52. The van der Waals surface area contributed by atoms with Crippen LogP contribution in [0.25, 0.3) is 10.9 Å². The summed E-state index contributed by atoms with van der Waals surface area (Å²) in [6, 6.07) is 12.9. The molecule has 0 radical (unpaired) electrons. The molecule has 0 atom stereocenters. The number of rotatable bonds is 3. The van der Waals surface area contributed by atoms with Crippen molar-refractivity contribution in [1.82, 2.24) is 9.78 Å². The normalized spacial score (nSPS) is 10.7. The number of nitrogens with two attached hydrogens (primary N) is 1. The van der Waals surface area contributed by atoms with Crippen molar-refractivity contribution in [2.75, 3.05) is 12.8 Å². The Morgan fingerprint density at radius 1 is 1.24 bits per heavy atom. The molecule has 0 aliphatic heterocycles. The number of para-hydroxylation sites is 1. The minimum Gasteiger partial charge on any atom is -0.496 e. The van der Waals surface area contributed by atoms with Crippen molar-refractivity contribution < 1.29 is 4.74 Å². The molecule has 0 unspecified atom stereocenters. The minimum absolute atomic E-state index is 0.0777. The van der Waals surface area contributed by atoms with E-state index in [1.165, 1.54) is 6.20 Å². The van der Waals surface area contributed by atoms with Crippen molar-refractivity contribution in [3.8, 4) is 5.75 Å². The Balaban J connectivity index is 2.11. The lowest BCUT2D eigenvalue weighted by Crippen LogP contribution is -2.13. The number of hydrogen-bond donors (Lipinski definition) is 1. The quantitative estimate of drug-likeness (QED) is 0.746. The van der Waals surface area contributed by atoms with Gasteiger partial charge in [-0.25, -0.2) is 0 Å². The smallest absolute Gasteiger partial charge is 0.207 e. The molecule has 0 fully saturated rings. The Morgan fingerprint density at radius 3 is 2.86 bits per heavy atom. The van der Waals surface area contributed by atoms with Gasteiger partial charge < -0.3 is 10.5 Å². The number of nitrogens with zero attached hydrogens (tertiary/aromatic N) is 2. The molecule has 0 amide bonds. The molecule has 21 heavy (non-hydrogen) atoms. The number of hydrogen-bond acceptors (Lipinski definition) is 4. The molecule has 0 bridgehead atoms. The Morgan fingerprint density at radius 2 is 2.05 bits per heavy atom. The molecule has 0 aliphatic rings. The van der Waals surface area contributed by atoms with E-state index < -0.39 is 0 Å². The minimum atomic E-state index is -0.0777. The summed E-state index contributed by atoms with van der Waals surface area (Å²) in [6.07, 6.45) is 1.34. The highest BCUT2D eigenvalue weighted by Crippen LogP contribution is 2.23. The lowest BCUT2D eigenvalue weighted by atomic mass is 10.1. The number of benzene rings is 2. The van der Waals surface area contributed by atoms with Crippen LogP contribution in [0.15, 0.2) is 53.5 Å². The Bertz CT molecular complexity index is 856. The topological polar surface area (TPSA) is 70.1 Å². The van der Waals surface area contributed by atoms with Gasteiger partial charge in [-0.1, -0.05) is 18.2 Å². The van der Waals surface area contributed by atoms with E-state index in [1.807, 2.05) is 30.3 Å². The fraction of sp³-hybridized carbons (Fsp3) is 0.125. The van der Waals surface area contributed by atoms with Crippen LogP contribution in [0.4, 0.5) is 5.69 Å². The van der Waals surface area contributed by atoms with E-state index in [1.54, 1.807) is 23.9 Å². The SMILES string of the molecule is COc1cc(N)ccc1Cn1ncc(=O)c2ccccc21. The molecular weight excluding hydrogens is 266 g/mol. The molecule has 3 rings (SSSR count). The summed E-state index contributed by atoms with van der Waals surface area (Å²) >= 11 is 0. The van der Waals surface area contributed by atoms with Crippen LogP contribution in [0.3, 0.4) is 0 Å². The highest BCUT2D eigenvalue weighted by Gasteiger charge is 2.08. The maximum absolute atomic E-state index is 11.8. The Labute approximate surface area is 121 Å². The van der Waals surface area contributed by atoms with Gasteiger partial charge in [0, 0.05) is 22.7 Å². The Hall–Kier alpha value is -2.82. The van der Waals surface area contributed by atoms with Crippen molar-refractivity contribution in [3.63, 3.8) is 0 Å². The average molecular weight is 281 g/mol. The molecule has 1 heterocycles. The van der Waals surface area contributed by atoms with Gasteiger partial charge in [0.2, 0.25) is 5.43 Å². The molecule has 0 saturated carbocycles. The van der Waals surface area contributed by atoms with Gasteiger partial charge in [0.05, 0.1) is 25.4 Å². The van der Waals surface area contributed by atoms with E-state index in [9.17, 15) is 4.79 Å². The molecule has 2 N–H and O–H groups in total. The first-order valence-corrected chi connectivity index (χ1v) is 6.56. The largest absolute Gasteiger partial charge is 0.496 e. The van der Waals surface area contributed by atoms with Gasteiger partial charge >= 0.3 is 0 Å². The summed E-state index contributed by atoms with van der Waals surface area (Å²) in [5, 5.41) is 4.87. The fourth-order valence-electron chi connectivity index (χ4n) is 2.34. The van der Waals surface area contributed by atoms with Crippen LogP contribution in [0, 0.1) is 0 Å². The fourth-order valence-corrected chi connectivity index (χ4v) is 2.34. The van der Waals surface area contributed by atoms with E-state index in [0.29, 0.717) is 23.4 Å². The third kappa shape index (κ3) is 2.45. The molecule has 0 aliphatic carbocycles. The first-order valence-electron chi connectivity index (χ1n) is 6.56. The summed E-state index contributed by atoms with van der Waals surface area (Å²) in [5.74, 6) is 0.708. The van der Waals surface area contributed by atoms with E-state index in [0.717, 1.165) is 11.1 Å². The van der Waals surface area contributed by atoms with E-state index in [4.69, 9.17) is 10.5 Å². The second-order valence-corrected chi connectivity index (χ2v) is 4.75.